The molecule has 0 aliphatic heterocycles. The van der Waals surface area contributed by atoms with Crippen LogP contribution in [-0.4, -0.2) is 22.0 Å². The number of benzene rings is 1. The van der Waals surface area contributed by atoms with Crippen molar-refractivity contribution in [3.63, 3.8) is 0 Å². The Morgan fingerprint density at radius 3 is 2.42 bits per heavy atom. The first-order valence-electron chi connectivity index (χ1n) is 6.42. The summed E-state index contributed by atoms with van der Waals surface area (Å²) in [5.74, 6) is -1.88. The molecule has 24 heavy (non-hydrogen) atoms. The number of hydrogen-bond acceptors (Lipinski definition) is 2. The number of halogens is 6. The number of hydrogen-bond donors (Lipinski definition) is 2. The number of urea groups is 1. The van der Waals surface area contributed by atoms with Gasteiger partial charge in [0.15, 0.2) is 5.82 Å². The monoisotopic (exact) mass is 368 g/mol. The molecular weight excluding hydrogens is 359 g/mol. The zero-order valence-corrected chi connectivity index (χ0v) is 12.6. The second-order valence-electron chi connectivity index (χ2n) is 4.72. The Hall–Kier alpha value is -2.36. The largest absolute Gasteiger partial charge is 0.408 e. The van der Waals surface area contributed by atoms with Crippen LogP contribution in [-0.2, 0) is 13.1 Å². The molecule has 2 rings (SSSR count). The Morgan fingerprint density at radius 2 is 1.83 bits per heavy atom. The molecule has 0 aliphatic carbocycles. The molecule has 2 N–H and O–H groups in total. The number of nitrogens with zero attached hydrogens (tertiary/aromatic N) is 2. The van der Waals surface area contributed by atoms with Crippen LogP contribution in [0.4, 0.5) is 32.6 Å². The summed E-state index contributed by atoms with van der Waals surface area (Å²) in [6.07, 6.45) is -3.58. The van der Waals surface area contributed by atoms with Crippen molar-refractivity contribution in [3.8, 4) is 0 Å². The van der Waals surface area contributed by atoms with Crippen molar-refractivity contribution in [2.75, 3.05) is 5.32 Å². The fourth-order valence-corrected chi connectivity index (χ4v) is 1.99. The molecule has 0 spiro atoms. The molecule has 1 aromatic heterocycles. The quantitative estimate of drug-likeness (QED) is 0.808. The standard InChI is InChI=1S/C13H10ClF5N4O/c14-10-5-23(6-13(17,18)19)22-11(10)21-12(24)20-4-7-1-8(15)3-9(16)2-7/h1-3,5H,4,6H2,(H2,20,21,22,24). The minimum Gasteiger partial charge on any atom is -0.334 e. The van der Waals surface area contributed by atoms with Gasteiger partial charge < -0.3 is 5.32 Å². The van der Waals surface area contributed by atoms with E-state index in [1.165, 1.54) is 0 Å². The smallest absolute Gasteiger partial charge is 0.334 e. The first kappa shape index (κ1) is 18.0. The van der Waals surface area contributed by atoms with Crippen molar-refractivity contribution in [1.82, 2.24) is 15.1 Å². The number of aromatic nitrogens is 2. The number of anilines is 1. The van der Waals surface area contributed by atoms with E-state index in [0.29, 0.717) is 10.7 Å². The van der Waals surface area contributed by atoms with Crippen LogP contribution in [0.25, 0.3) is 0 Å². The number of amides is 2. The molecule has 2 amide bonds. The van der Waals surface area contributed by atoms with E-state index in [-0.39, 0.29) is 22.9 Å². The molecular formula is C13H10ClF5N4O. The Balaban J connectivity index is 1.95. The number of nitrogens with one attached hydrogen (secondary N) is 2. The summed E-state index contributed by atoms with van der Waals surface area (Å²) in [5.41, 5.74) is 0.163. The van der Waals surface area contributed by atoms with Gasteiger partial charge >= 0.3 is 12.2 Å². The van der Waals surface area contributed by atoms with Gasteiger partial charge in [0.25, 0.3) is 0 Å². The average molecular weight is 369 g/mol. The van der Waals surface area contributed by atoms with Crippen molar-refractivity contribution in [2.45, 2.75) is 19.3 Å². The lowest BCUT2D eigenvalue weighted by atomic mass is 10.2. The molecule has 5 nitrogen and oxygen atoms in total. The summed E-state index contributed by atoms with van der Waals surface area (Å²) in [4.78, 5) is 11.7. The summed E-state index contributed by atoms with van der Waals surface area (Å²) in [5, 5.41) is 7.72. The van der Waals surface area contributed by atoms with Gasteiger partial charge in [0.1, 0.15) is 23.2 Å². The Bertz CT molecular complexity index is 726. The highest BCUT2D eigenvalue weighted by Crippen LogP contribution is 2.23. The van der Waals surface area contributed by atoms with E-state index in [0.717, 1.165) is 18.3 Å². The lowest BCUT2D eigenvalue weighted by molar-refractivity contribution is -0.142. The Kier molecular flexibility index (Phi) is 5.27. The lowest BCUT2D eigenvalue weighted by Crippen LogP contribution is -2.28. The van der Waals surface area contributed by atoms with E-state index < -0.39 is 30.4 Å². The molecule has 0 aliphatic rings. The molecule has 11 heteroatoms. The van der Waals surface area contributed by atoms with Crippen LogP contribution in [0.1, 0.15) is 5.56 Å². The van der Waals surface area contributed by atoms with Gasteiger partial charge in [0.05, 0.1) is 0 Å². The Morgan fingerprint density at radius 1 is 1.21 bits per heavy atom. The van der Waals surface area contributed by atoms with E-state index in [1.54, 1.807) is 0 Å². The van der Waals surface area contributed by atoms with Gasteiger partial charge in [-0.1, -0.05) is 11.6 Å². The van der Waals surface area contributed by atoms with E-state index in [1.807, 2.05) is 0 Å². The zero-order valence-electron chi connectivity index (χ0n) is 11.8. The lowest BCUT2D eigenvalue weighted by Gasteiger charge is -2.07. The van der Waals surface area contributed by atoms with E-state index in [4.69, 9.17) is 11.6 Å². The van der Waals surface area contributed by atoms with Crippen LogP contribution in [0.15, 0.2) is 24.4 Å². The highest BCUT2D eigenvalue weighted by atomic mass is 35.5. The van der Waals surface area contributed by atoms with Gasteiger partial charge in [-0.25, -0.2) is 13.6 Å². The number of carbonyl (C=O) groups excluding carboxylic acids is 1. The SMILES string of the molecule is O=C(NCc1cc(F)cc(F)c1)Nc1nn(CC(F)(F)F)cc1Cl. The molecule has 1 aromatic carbocycles. The van der Waals surface area contributed by atoms with Crippen LogP contribution in [0.3, 0.4) is 0 Å². The van der Waals surface area contributed by atoms with Crippen LogP contribution < -0.4 is 10.6 Å². The minimum absolute atomic E-state index is 0.163. The number of rotatable bonds is 4. The minimum atomic E-state index is -4.49. The molecule has 0 atom stereocenters. The third kappa shape index (κ3) is 5.37. The molecule has 0 saturated heterocycles. The van der Waals surface area contributed by atoms with Crippen molar-refractivity contribution < 1.29 is 26.7 Å². The zero-order chi connectivity index (χ0) is 17.9. The second kappa shape index (κ2) is 7.04. The van der Waals surface area contributed by atoms with E-state index >= 15 is 0 Å². The van der Waals surface area contributed by atoms with Crippen molar-refractivity contribution in [1.29, 1.82) is 0 Å². The van der Waals surface area contributed by atoms with Gasteiger partial charge in [-0.2, -0.15) is 18.3 Å². The average Bonchev–Trinajstić information content (AvgIpc) is 2.73. The van der Waals surface area contributed by atoms with Crippen LogP contribution in [0.2, 0.25) is 5.02 Å². The normalized spacial score (nSPS) is 11.4. The molecule has 1 heterocycles. The van der Waals surface area contributed by atoms with E-state index in [9.17, 15) is 26.7 Å². The molecule has 0 bridgehead atoms. The predicted octanol–water partition coefficient (Wildman–Crippen LogP) is 3.70. The third-order valence-electron chi connectivity index (χ3n) is 2.67. The second-order valence-corrected chi connectivity index (χ2v) is 5.13. The molecule has 2 aromatic rings. The van der Waals surface area contributed by atoms with Gasteiger partial charge in [-0.3, -0.25) is 10.00 Å². The first-order chi connectivity index (χ1) is 11.1. The number of alkyl halides is 3. The Labute approximate surface area is 137 Å². The van der Waals surface area contributed by atoms with Gasteiger partial charge in [0, 0.05) is 18.8 Å². The topological polar surface area (TPSA) is 59.0 Å². The van der Waals surface area contributed by atoms with E-state index in [2.05, 4.69) is 15.7 Å². The maximum atomic E-state index is 13.0. The summed E-state index contributed by atoms with van der Waals surface area (Å²) in [6, 6.07) is 1.87. The van der Waals surface area contributed by atoms with Crippen molar-refractivity contribution in [3.05, 3.63) is 46.6 Å². The summed E-state index contributed by atoms with van der Waals surface area (Å²) in [7, 11) is 0. The summed E-state index contributed by atoms with van der Waals surface area (Å²) < 4.78 is 63.3. The highest BCUT2D eigenvalue weighted by Gasteiger charge is 2.29. The van der Waals surface area contributed by atoms with Gasteiger partial charge in [-0.15, -0.1) is 0 Å². The maximum absolute atomic E-state index is 13.0. The molecule has 0 saturated carbocycles. The molecule has 0 unspecified atom stereocenters. The molecule has 0 fully saturated rings. The fraction of sp³-hybridized carbons (Fsp3) is 0.231. The summed E-state index contributed by atoms with van der Waals surface area (Å²) in [6.45, 7) is -1.57. The van der Waals surface area contributed by atoms with Gasteiger partial charge in [-0.05, 0) is 17.7 Å². The number of carbonyl (C=O) groups is 1. The summed E-state index contributed by atoms with van der Waals surface area (Å²) >= 11 is 5.68. The van der Waals surface area contributed by atoms with Crippen molar-refractivity contribution >= 4 is 23.4 Å². The third-order valence-corrected chi connectivity index (χ3v) is 2.94. The molecule has 0 radical (unpaired) electrons. The maximum Gasteiger partial charge on any atom is 0.408 e. The fourth-order valence-electron chi connectivity index (χ4n) is 1.79. The first-order valence-corrected chi connectivity index (χ1v) is 6.80. The van der Waals surface area contributed by atoms with Crippen LogP contribution in [0.5, 0.6) is 0 Å². The predicted molar refractivity (Wildman–Crippen MR) is 75.5 cm³/mol. The molecule has 130 valence electrons. The van der Waals surface area contributed by atoms with Crippen molar-refractivity contribution in [2.24, 2.45) is 0 Å². The highest BCUT2D eigenvalue weighted by molar-refractivity contribution is 6.33. The van der Waals surface area contributed by atoms with Crippen LogP contribution >= 0.6 is 11.6 Å². The van der Waals surface area contributed by atoms with Crippen LogP contribution in [0, 0.1) is 11.6 Å². The van der Waals surface area contributed by atoms with Gasteiger partial charge in [0.2, 0.25) is 0 Å².